The van der Waals surface area contributed by atoms with Gasteiger partial charge in [0.2, 0.25) is 22.9 Å². The maximum absolute atomic E-state index is 13.1. The molecule has 0 bridgehead atoms. The third-order valence-electron chi connectivity index (χ3n) is 4.93. The van der Waals surface area contributed by atoms with Crippen LogP contribution in [0.25, 0.3) is 0 Å². The van der Waals surface area contributed by atoms with Gasteiger partial charge >= 0.3 is 0 Å². The van der Waals surface area contributed by atoms with Gasteiger partial charge in [0, 0.05) is 20.6 Å². The lowest BCUT2D eigenvalue weighted by Gasteiger charge is -2.19. The average molecular weight is 428 g/mol. The van der Waals surface area contributed by atoms with Gasteiger partial charge in [-0.1, -0.05) is 46.8 Å². The molecule has 1 aromatic rings. The minimum atomic E-state index is -1.21. The van der Waals surface area contributed by atoms with E-state index in [1.54, 1.807) is 0 Å². The zero-order valence-electron chi connectivity index (χ0n) is 19.1. The van der Waals surface area contributed by atoms with Gasteiger partial charge in [-0.15, -0.1) is 0 Å². The van der Waals surface area contributed by atoms with Crippen LogP contribution in [0, 0.1) is 11.8 Å². The average Bonchev–Trinajstić information content (AvgIpc) is 2.65. The topological polar surface area (TPSA) is 86.8 Å². The molecule has 29 heavy (non-hydrogen) atoms. The largest absolute Gasteiger partial charge is 0.488 e. The van der Waals surface area contributed by atoms with E-state index in [1.165, 1.54) is 14.2 Å². The van der Waals surface area contributed by atoms with Crippen LogP contribution < -0.4 is 19.6 Å². The van der Waals surface area contributed by atoms with Crippen LogP contribution in [-0.4, -0.2) is 46.5 Å². The summed E-state index contributed by atoms with van der Waals surface area (Å²) in [4.78, 5) is 28.9. The number of carbonyl (C=O) groups is 1. The lowest BCUT2D eigenvalue weighted by molar-refractivity contribution is 0.0182. The Labute approximate surface area is 175 Å². The molecule has 2 unspecified atom stereocenters. The number of rotatable bonds is 13. The highest BCUT2D eigenvalue weighted by atomic mass is 28.3. The summed E-state index contributed by atoms with van der Waals surface area (Å²) in [6, 6.07) is 0.997. The van der Waals surface area contributed by atoms with Gasteiger partial charge in [-0.25, -0.2) is 0 Å². The normalized spacial score (nSPS) is 13.7. The van der Waals surface area contributed by atoms with Crippen molar-refractivity contribution < 1.29 is 23.7 Å². The van der Waals surface area contributed by atoms with Gasteiger partial charge < -0.3 is 18.9 Å². The molecule has 0 aliphatic carbocycles. The zero-order chi connectivity index (χ0) is 22.2. The van der Waals surface area contributed by atoms with Gasteiger partial charge in [-0.3, -0.25) is 14.6 Å². The maximum Gasteiger partial charge on any atom is 0.242 e. The number of Topliss-reactive ketones (excluding diaryl/α,β-unsaturated/α-hetero) is 1. The molecule has 1 rings (SSSR count). The number of pyridine rings is 1. The number of nitrogens with one attached hydrogen (secondary N) is 1. The third-order valence-corrected chi connectivity index (χ3v) is 6.64. The zero-order valence-corrected chi connectivity index (χ0v) is 20.1. The number of hydrogen-bond acceptors (Lipinski definition) is 6. The van der Waals surface area contributed by atoms with Crippen molar-refractivity contribution in [3.8, 4) is 17.5 Å². The number of ether oxygens (including phenoxy) is 4. The number of hydrogen-bond donors (Lipinski definition) is 1. The van der Waals surface area contributed by atoms with Crippen LogP contribution in [0.2, 0.25) is 25.7 Å². The molecule has 166 valence electrons. The molecule has 0 spiro atoms. The number of aromatic nitrogens is 1. The fraction of sp³-hybridized carbons (Fsp3) is 0.714. The Morgan fingerprint density at radius 3 is 2.28 bits per heavy atom. The predicted molar refractivity (Wildman–Crippen MR) is 117 cm³/mol. The van der Waals surface area contributed by atoms with Crippen molar-refractivity contribution >= 4 is 13.9 Å². The molecule has 0 aliphatic rings. The van der Waals surface area contributed by atoms with Gasteiger partial charge in [-0.2, -0.15) is 0 Å². The number of H-pyrrole nitrogens is 1. The fourth-order valence-corrected chi connectivity index (χ4v) is 3.62. The SMILES string of the molecule is CCC(C)CC(C)C(=O)c1c(OCOCC[Si](C)(C)C)[nH]c(OC)c(OC)c1=O. The molecular formula is C21H37NO6Si. The highest BCUT2D eigenvalue weighted by molar-refractivity contribution is 6.76. The summed E-state index contributed by atoms with van der Waals surface area (Å²) in [5, 5.41) is 0. The molecular weight excluding hydrogens is 390 g/mol. The summed E-state index contributed by atoms with van der Waals surface area (Å²) in [7, 11) is 1.56. The summed E-state index contributed by atoms with van der Waals surface area (Å²) in [5.41, 5.74) is -0.589. The van der Waals surface area contributed by atoms with E-state index in [1.807, 2.05) is 6.92 Å². The predicted octanol–water partition coefficient (Wildman–Crippen LogP) is 4.34. The van der Waals surface area contributed by atoms with E-state index in [0.29, 0.717) is 18.9 Å². The first-order chi connectivity index (χ1) is 13.6. The Bertz CT molecular complexity index is 725. The molecule has 0 amide bonds. The van der Waals surface area contributed by atoms with Crippen LogP contribution >= 0.6 is 0 Å². The van der Waals surface area contributed by atoms with E-state index >= 15 is 0 Å². The Morgan fingerprint density at radius 1 is 1.10 bits per heavy atom. The van der Waals surface area contributed by atoms with Crippen molar-refractivity contribution in [1.29, 1.82) is 0 Å². The van der Waals surface area contributed by atoms with Crippen molar-refractivity contribution in [2.75, 3.05) is 27.6 Å². The molecule has 0 fully saturated rings. The van der Waals surface area contributed by atoms with Gasteiger partial charge in [0.05, 0.1) is 14.2 Å². The van der Waals surface area contributed by atoms with E-state index in [9.17, 15) is 9.59 Å². The van der Waals surface area contributed by atoms with Crippen molar-refractivity contribution in [2.45, 2.75) is 59.3 Å². The molecule has 8 heteroatoms. The van der Waals surface area contributed by atoms with Crippen LogP contribution in [0.4, 0.5) is 0 Å². The Morgan fingerprint density at radius 2 is 1.76 bits per heavy atom. The molecule has 0 radical (unpaired) electrons. The Balaban J connectivity index is 3.13. The maximum atomic E-state index is 13.1. The van der Waals surface area contributed by atoms with Gasteiger partial charge in [0.15, 0.2) is 12.6 Å². The van der Waals surface area contributed by atoms with E-state index in [4.69, 9.17) is 18.9 Å². The second kappa shape index (κ2) is 11.4. The van der Waals surface area contributed by atoms with Crippen molar-refractivity contribution in [2.24, 2.45) is 11.8 Å². The number of carbonyl (C=O) groups excluding carboxylic acids is 1. The summed E-state index contributed by atoms with van der Waals surface area (Å²) in [6.07, 6.45) is 1.66. The fourth-order valence-electron chi connectivity index (χ4n) is 2.86. The molecule has 0 saturated heterocycles. The first kappa shape index (κ1) is 25.2. The van der Waals surface area contributed by atoms with Crippen molar-refractivity contribution in [1.82, 2.24) is 4.98 Å². The summed E-state index contributed by atoms with van der Waals surface area (Å²) < 4.78 is 21.6. The lowest BCUT2D eigenvalue weighted by Crippen LogP contribution is -2.26. The quantitative estimate of drug-likeness (QED) is 0.218. The van der Waals surface area contributed by atoms with Gasteiger partial charge in [-0.05, 0) is 18.4 Å². The van der Waals surface area contributed by atoms with Crippen LogP contribution in [0.1, 0.15) is 44.0 Å². The smallest absolute Gasteiger partial charge is 0.242 e. The molecule has 0 aliphatic heterocycles. The second-order valence-corrected chi connectivity index (χ2v) is 14.3. The van der Waals surface area contributed by atoms with E-state index in [0.717, 1.165) is 12.5 Å². The van der Waals surface area contributed by atoms with Crippen LogP contribution in [0.15, 0.2) is 4.79 Å². The van der Waals surface area contributed by atoms with Crippen LogP contribution in [0.3, 0.4) is 0 Å². The highest BCUT2D eigenvalue weighted by Crippen LogP contribution is 2.29. The van der Waals surface area contributed by atoms with Crippen LogP contribution in [0.5, 0.6) is 17.5 Å². The van der Waals surface area contributed by atoms with Crippen molar-refractivity contribution in [3.05, 3.63) is 15.8 Å². The lowest BCUT2D eigenvalue weighted by atomic mass is 9.89. The summed E-state index contributed by atoms with van der Waals surface area (Å²) >= 11 is 0. The minimum Gasteiger partial charge on any atom is -0.488 e. The number of methoxy groups -OCH3 is 2. The summed E-state index contributed by atoms with van der Waals surface area (Å²) in [6.45, 7) is 13.3. The van der Waals surface area contributed by atoms with E-state index < -0.39 is 13.5 Å². The third kappa shape index (κ3) is 7.51. The highest BCUT2D eigenvalue weighted by Gasteiger charge is 2.28. The molecule has 1 N–H and O–H groups in total. The number of aromatic amines is 1. The molecule has 2 atom stereocenters. The minimum absolute atomic E-state index is 0.0430. The van der Waals surface area contributed by atoms with Crippen molar-refractivity contribution in [3.63, 3.8) is 0 Å². The molecule has 1 aromatic heterocycles. The standard InChI is InChI=1S/C21H37NO6Si/c1-9-14(2)12-15(3)17(23)16-18(24)19(25-4)21(26-5)22-20(16)28-13-27-10-11-29(6,7)8/h14-15H,9-13H2,1-8H3,(H,22,24). The molecule has 0 aromatic carbocycles. The molecule has 1 heterocycles. The summed E-state index contributed by atoms with van der Waals surface area (Å²) in [5.74, 6) is -0.0904. The van der Waals surface area contributed by atoms with E-state index in [2.05, 4.69) is 38.5 Å². The van der Waals surface area contributed by atoms with Crippen LogP contribution in [-0.2, 0) is 4.74 Å². The molecule has 0 saturated carbocycles. The van der Waals surface area contributed by atoms with Gasteiger partial charge in [0.1, 0.15) is 5.56 Å². The Hall–Kier alpha value is -1.80. The monoisotopic (exact) mass is 427 g/mol. The molecule has 7 nitrogen and oxygen atoms in total. The van der Waals surface area contributed by atoms with E-state index in [-0.39, 0.29) is 41.6 Å². The number of ketones is 1. The first-order valence-corrected chi connectivity index (χ1v) is 13.9. The Kier molecular flexibility index (Phi) is 9.92. The first-order valence-electron chi connectivity index (χ1n) is 10.2. The van der Waals surface area contributed by atoms with Gasteiger partial charge in [0.25, 0.3) is 0 Å². The second-order valence-electron chi connectivity index (χ2n) is 8.72.